The third-order valence-electron chi connectivity index (χ3n) is 3.29. The number of anilines is 2. The van der Waals surface area contributed by atoms with E-state index in [0.29, 0.717) is 6.07 Å². The molecule has 0 radical (unpaired) electrons. The molecule has 0 aliphatic carbocycles. The van der Waals surface area contributed by atoms with E-state index < -0.39 is 47.3 Å². The van der Waals surface area contributed by atoms with Crippen molar-refractivity contribution in [1.82, 2.24) is 0 Å². The van der Waals surface area contributed by atoms with Gasteiger partial charge in [-0.15, -0.1) is 0 Å². The summed E-state index contributed by atoms with van der Waals surface area (Å²) in [5, 5.41) is 17.2. The molecule has 29 heavy (non-hydrogen) atoms. The van der Waals surface area contributed by atoms with E-state index >= 15 is 0 Å². The minimum absolute atomic E-state index is 0. The number of halogens is 6. The monoisotopic (exact) mass is 434 g/mol. The van der Waals surface area contributed by atoms with Crippen LogP contribution in [-0.2, 0) is 19.0 Å². The van der Waals surface area contributed by atoms with Crippen molar-refractivity contribution in [1.29, 1.82) is 0 Å². The molecule has 2 aromatic rings. The van der Waals surface area contributed by atoms with E-state index in [9.17, 15) is 31.1 Å². The van der Waals surface area contributed by atoms with Crippen LogP contribution in [0.3, 0.4) is 0 Å². The summed E-state index contributed by atoms with van der Waals surface area (Å²) in [6.45, 7) is -0.707. The first-order valence-electron chi connectivity index (χ1n) is 7.05. The average Bonchev–Trinajstić information content (AvgIpc) is 2.53. The first kappa shape index (κ1) is 29.4. The van der Waals surface area contributed by atoms with Gasteiger partial charge in [0.1, 0.15) is 0 Å². The van der Waals surface area contributed by atoms with Crippen molar-refractivity contribution in [3.8, 4) is 0 Å². The van der Waals surface area contributed by atoms with Gasteiger partial charge in [0, 0.05) is 16.9 Å². The van der Waals surface area contributed by atoms with Gasteiger partial charge < -0.3 is 23.1 Å². The van der Waals surface area contributed by atoms with Gasteiger partial charge in [-0.2, -0.15) is 26.3 Å². The molecule has 156 valence electrons. The van der Waals surface area contributed by atoms with Gasteiger partial charge in [0.05, 0.1) is 23.3 Å². The Morgan fingerprint density at radius 3 is 1.62 bits per heavy atom. The second-order valence-corrected chi connectivity index (χ2v) is 5.10. The standard InChI is InChI=1S/C8H6F3NO2.C8H8F3NO.Al.Li.4H/c9-8(10,11)4-2-1-3-5(12)6(4)7(13)14;9-8(10,11)6-2-1-3-7(12)5(6)4-13;;;;;;/h1-3H,12H2,(H,13,14);1-3,13H,4,12H2;;;;;;/q;;;+1;;;;-1. The first-order chi connectivity index (χ1) is 12.3. The number of carbonyl (C=O) groups is 1. The zero-order valence-corrected chi connectivity index (χ0v) is 14.4. The Bertz CT molecular complexity index is 838. The molecule has 13 heteroatoms. The molecule has 0 atom stereocenters. The maximum absolute atomic E-state index is 12.3. The van der Waals surface area contributed by atoms with Gasteiger partial charge in [0.25, 0.3) is 0 Å². The van der Waals surface area contributed by atoms with E-state index in [0.717, 1.165) is 18.2 Å². The van der Waals surface area contributed by atoms with Crippen LogP contribution >= 0.6 is 0 Å². The van der Waals surface area contributed by atoms with Gasteiger partial charge >= 0.3 is 37.2 Å². The van der Waals surface area contributed by atoms with Crippen molar-refractivity contribution in [2.24, 2.45) is 0 Å². The molecule has 0 unspecified atom stereocenters. The number of alkyl halides is 6. The fraction of sp³-hybridized carbons (Fsp3) is 0.188. The molecule has 0 saturated heterocycles. The fourth-order valence-corrected chi connectivity index (χ4v) is 2.09. The van der Waals surface area contributed by atoms with Gasteiger partial charge in [-0.3, -0.25) is 0 Å². The number of hydrogen-bond acceptors (Lipinski definition) is 4. The summed E-state index contributed by atoms with van der Waals surface area (Å²) < 4.78 is 73.6. The van der Waals surface area contributed by atoms with Crippen LogP contribution in [0.4, 0.5) is 37.7 Å². The molecule has 0 fully saturated rings. The Labute approximate surface area is 185 Å². The normalized spacial score (nSPS) is 10.7. The molecule has 2 rings (SSSR count). The number of aromatic carboxylic acids is 1. The molecule has 0 bridgehead atoms. The van der Waals surface area contributed by atoms with Crippen molar-refractivity contribution in [3.05, 3.63) is 58.7 Å². The summed E-state index contributed by atoms with van der Waals surface area (Å²) in [7, 11) is 0. The number of rotatable bonds is 2. The molecule has 0 heterocycles. The number of aliphatic hydroxyl groups is 1. The quantitative estimate of drug-likeness (QED) is 0.295. The first-order valence-corrected chi connectivity index (χ1v) is 7.05. The van der Waals surface area contributed by atoms with E-state index in [2.05, 4.69) is 0 Å². The molecule has 0 aliphatic rings. The van der Waals surface area contributed by atoms with E-state index in [4.69, 9.17) is 21.7 Å². The minimum atomic E-state index is -4.71. The number of nitrogens with two attached hydrogens (primary N) is 2. The third-order valence-corrected chi connectivity index (χ3v) is 3.29. The van der Waals surface area contributed by atoms with Gasteiger partial charge in [-0.25, -0.2) is 4.79 Å². The number of carboxylic acid groups (broad SMARTS) is 1. The molecule has 2 aromatic carbocycles. The van der Waals surface area contributed by atoms with Crippen LogP contribution in [0, 0.1) is 0 Å². The summed E-state index contributed by atoms with van der Waals surface area (Å²) in [6, 6.07) is 6.27. The Balaban J connectivity index is -0.000000443. The van der Waals surface area contributed by atoms with Crippen LogP contribution < -0.4 is 30.3 Å². The SMILES string of the molecule is Nc1cccc(C(F)(F)F)c1C(=O)O.Nc1cccc(C(F)(F)F)c1CO.[AlH3].[H-].[Li+]. The van der Waals surface area contributed by atoms with Crippen LogP contribution in [0.15, 0.2) is 36.4 Å². The topological polar surface area (TPSA) is 110 Å². The average molecular weight is 434 g/mol. The summed E-state index contributed by atoms with van der Waals surface area (Å²) >= 11 is 0. The van der Waals surface area contributed by atoms with Crippen LogP contribution in [0.2, 0.25) is 0 Å². The molecule has 0 aliphatic heterocycles. The number of carboxylic acids is 1. The van der Waals surface area contributed by atoms with Crippen molar-refractivity contribution in [3.63, 3.8) is 0 Å². The molecule has 0 spiro atoms. The zero-order valence-electron chi connectivity index (χ0n) is 15.4. The van der Waals surface area contributed by atoms with Crippen molar-refractivity contribution < 1.29 is 61.6 Å². The predicted molar refractivity (Wildman–Crippen MR) is 95.6 cm³/mol. The van der Waals surface area contributed by atoms with Gasteiger partial charge in [-0.1, -0.05) is 12.1 Å². The van der Waals surface area contributed by atoms with Crippen LogP contribution in [0.25, 0.3) is 0 Å². The summed E-state index contributed by atoms with van der Waals surface area (Å²) in [5.74, 6) is -1.68. The second-order valence-electron chi connectivity index (χ2n) is 5.10. The maximum atomic E-state index is 12.3. The van der Waals surface area contributed by atoms with E-state index in [-0.39, 0.29) is 48.9 Å². The van der Waals surface area contributed by atoms with E-state index in [1.165, 1.54) is 12.1 Å². The second kappa shape index (κ2) is 11.4. The molecule has 0 saturated carbocycles. The van der Waals surface area contributed by atoms with Crippen molar-refractivity contribution in [2.45, 2.75) is 19.0 Å². The Morgan fingerprint density at radius 2 is 1.31 bits per heavy atom. The molecule has 0 aromatic heterocycles. The molecule has 0 amide bonds. The number of benzene rings is 2. The Hall–Kier alpha value is -1.82. The predicted octanol–water partition coefficient (Wildman–Crippen LogP) is -0.302. The fourth-order valence-electron chi connectivity index (χ4n) is 2.09. The van der Waals surface area contributed by atoms with Crippen LogP contribution in [0.1, 0.15) is 28.5 Å². The maximum Gasteiger partial charge on any atom is 1.00 e. The van der Waals surface area contributed by atoms with Gasteiger partial charge in [-0.05, 0) is 24.3 Å². The van der Waals surface area contributed by atoms with E-state index in [1.807, 2.05) is 0 Å². The molecule has 5 nitrogen and oxygen atoms in total. The van der Waals surface area contributed by atoms with Crippen LogP contribution in [-0.4, -0.2) is 33.5 Å². The van der Waals surface area contributed by atoms with Crippen molar-refractivity contribution >= 4 is 34.7 Å². The third kappa shape index (κ3) is 7.84. The zero-order chi connectivity index (χ0) is 21.0. The van der Waals surface area contributed by atoms with Crippen LogP contribution in [0.5, 0.6) is 0 Å². The molecule has 6 N–H and O–H groups in total. The molecular formula is C16H18AlF6LiN2O3. The summed E-state index contributed by atoms with van der Waals surface area (Å²) in [6.07, 6.45) is -9.17. The Kier molecular flexibility index (Phi) is 11.5. The largest absolute Gasteiger partial charge is 1.00 e. The van der Waals surface area contributed by atoms with Gasteiger partial charge in [0.2, 0.25) is 0 Å². The number of aliphatic hydroxyl groups excluding tert-OH is 1. The van der Waals surface area contributed by atoms with Crippen molar-refractivity contribution in [2.75, 3.05) is 11.5 Å². The number of hydrogen-bond donors (Lipinski definition) is 4. The smallest absolute Gasteiger partial charge is 1.00 e. The van der Waals surface area contributed by atoms with E-state index in [1.54, 1.807) is 0 Å². The minimum Gasteiger partial charge on any atom is -1.00 e. The summed E-state index contributed by atoms with van der Waals surface area (Å²) in [4.78, 5) is 10.5. The van der Waals surface area contributed by atoms with Gasteiger partial charge in [0.15, 0.2) is 17.4 Å². The number of nitrogen functional groups attached to an aromatic ring is 2. The Morgan fingerprint density at radius 1 is 0.897 bits per heavy atom. The molecular weight excluding hydrogens is 416 g/mol. The summed E-state index contributed by atoms with van der Waals surface area (Å²) in [5.41, 5.74) is 6.68.